The fraction of sp³-hybridized carbons (Fsp3) is 0.833. The quantitative estimate of drug-likeness (QED) is 0.571. The van der Waals surface area contributed by atoms with E-state index in [9.17, 15) is 0 Å². The summed E-state index contributed by atoms with van der Waals surface area (Å²) >= 11 is 0. The molecule has 1 rings (SSSR count). The molecular weight excluding hydrogens is 114 g/mol. The van der Waals surface area contributed by atoms with Crippen LogP contribution in [0.25, 0.3) is 0 Å². The van der Waals surface area contributed by atoms with Gasteiger partial charge in [0.05, 0.1) is 0 Å². The van der Waals surface area contributed by atoms with Crippen molar-refractivity contribution in [2.45, 2.75) is 32.9 Å². The average Bonchev–Trinajstić information content (AvgIpc) is 2.17. The van der Waals surface area contributed by atoms with Crippen molar-refractivity contribution in [2.75, 3.05) is 0 Å². The Morgan fingerprint density at radius 1 is 1.67 bits per heavy atom. The largest absolute Gasteiger partial charge is 0.308 e. The third-order valence-electron chi connectivity index (χ3n) is 1.26. The highest BCUT2D eigenvalue weighted by Crippen LogP contribution is 1.96. The number of hydrogen-bond acceptors (Lipinski definition) is 3. The van der Waals surface area contributed by atoms with Crippen molar-refractivity contribution in [1.29, 1.82) is 0 Å². The molecular formula is C6H13N3. The zero-order chi connectivity index (χ0) is 6.69. The summed E-state index contributed by atoms with van der Waals surface area (Å²) < 4.78 is 0. The molecule has 1 atom stereocenters. The van der Waals surface area contributed by atoms with Crippen LogP contribution < -0.4 is 10.9 Å². The van der Waals surface area contributed by atoms with Crippen molar-refractivity contribution in [3.63, 3.8) is 0 Å². The Morgan fingerprint density at radius 2 is 2.44 bits per heavy atom. The summed E-state index contributed by atoms with van der Waals surface area (Å²) in [5.41, 5.74) is 6.01. The van der Waals surface area contributed by atoms with Crippen LogP contribution in [0.3, 0.4) is 0 Å². The summed E-state index contributed by atoms with van der Waals surface area (Å²) in [6, 6.07) is 0. The van der Waals surface area contributed by atoms with Crippen molar-refractivity contribution in [3.05, 3.63) is 0 Å². The van der Waals surface area contributed by atoms with E-state index < -0.39 is 0 Å². The first-order chi connectivity index (χ1) is 4.33. The smallest absolute Gasteiger partial charge is 0.115 e. The summed E-state index contributed by atoms with van der Waals surface area (Å²) in [6.07, 6.45) is 2.46. The fourth-order valence-corrected chi connectivity index (χ4v) is 0.850. The van der Waals surface area contributed by atoms with Crippen molar-refractivity contribution in [3.8, 4) is 0 Å². The lowest BCUT2D eigenvalue weighted by Crippen LogP contribution is -2.33. The van der Waals surface area contributed by atoms with Gasteiger partial charge in [0.2, 0.25) is 0 Å². The van der Waals surface area contributed by atoms with Gasteiger partial charge in [0, 0.05) is 6.42 Å². The summed E-state index contributed by atoms with van der Waals surface area (Å²) in [6.45, 7) is 4.17. The van der Waals surface area contributed by atoms with E-state index in [1.165, 1.54) is 0 Å². The molecule has 3 nitrogen and oxygen atoms in total. The fourth-order valence-electron chi connectivity index (χ4n) is 0.850. The Bertz CT molecular complexity index is 119. The van der Waals surface area contributed by atoms with Crippen molar-refractivity contribution in [2.24, 2.45) is 4.99 Å². The molecule has 1 aliphatic heterocycles. The van der Waals surface area contributed by atoms with Gasteiger partial charge in [-0.05, 0) is 13.3 Å². The number of hydrazine groups is 1. The van der Waals surface area contributed by atoms with Gasteiger partial charge in [0.15, 0.2) is 0 Å². The van der Waals surface area contributed by atoms with Gasteiger partial charge in [-0.25, -0.2) is 5.43 Å². The van der Waals surface area contributed by atoms with Gasteiger partial charge in [-0.1, -0.05) is 6.92 Å². The van der Waals surface area contributed by atoms with Crippen molar-refractivity contribution in [1.82, 2.24) is 10.9 Å². The van der Waals surface area contributed by atoms with Gasteiger partial charge in [0.1, 0.15) is 12.0 Å². The molecule has 0 fully saturated rings. The third kappa shape index (κ3) is 1.68. The van der Waals surface area contributed by atoms with E-state index in [4.69, 9.17) is 0 Å². The van der Waals surface area contributed by atoms with E-state index >= 15 is 0 Å². The molecule has 0 amide bonds. The van der Waals surface area contributed by atoms with Gasteiger partial charge >= 0.3 is 0 Å². The maximum absolute atomic E-state index is 4.27. The SMILES string of the molecule is CCCC1=NC(C)NN1. The van der Waals surface area contributed by atoms with Gasteiger partial charge in [-0.3, -0.25) is 4.99 Å². The number of nitrogens with one attached hydrogen (secondary N) is 2. The van der Waals surface area contributed by atoms with Crippen LogP contribution in [0.2, 0.25) is 0 Å². The van der Waals surface area contributed by atoms with Crippen molar-refractivity contribution >= 4 is 5.84 Å². The Morgan fingerprint density at radius 3 is 2.89 bits per heavy atom. The molecule has 0 saturated heterocycles. The van der Waals surface area contributed by atoms with Crippen LogP contribution >= 0.6 is 0 Å². The first kappa shape index (κ1) is 6.55. The lowest BCUT2D eigenvalue weighted by molar-refractivity contribution is 0.587. The highest BCUT2D eigenvalue weighted by Gasteiger charge is 2.08. The molecule has 0 saturated carbocycles. The van der Waals surface area contributed by atoms with Gasteiger partial charge in [-0.15, -0.1) is 0 Å². The summed E-state index contributed by atoms with van der Waals surface area (Å²) in [5.74, 6) is 1.09. The molecule has 9 heavy (non-hydrogen) atoms. The lowest BCUT2D eigenvalue weighted by atomic mass is 10.3. The first-order valence-corrected chi connectivity index (χ1v) is 3.41. The summed E-state index contributed by atoms with van der Waals surface area (Å²) in [5, 5.41) is 0. The van der Waals surface area contributed by atoms with Crippen LogP contribution in [0, 0.1) is 0 Å². The number of amidine groups is 1. The van der Waals surface area contributed by atoms with E-state index in [-0.39, 0.29) is 6.17 Å². The van der Waals surface area contributed by atoms with E-state index in [0.29, 0.717) is 0 Å². The highest BCUT2D eigenvalue weighted by molar-refractivity contribution is 5.82. The van der Waals surface area contributed by atoms with Crippen LogP contribution in [0.1, 0.15) is 26.7 Å². The minimum absolute atomic E-state index is 0.256. The molecule has 1 unspecified atom stereocenters. The third-order valence-corrected chi connectivity index (χ3v) is 1.26. The van der Waals surface area contributed by atoms with Crippen LogP contribution in [0.5, 0.6) is 0 Å². The van der Waals surface area contributed by atoms with Gasteiger partial charge in [0.25, 0.3) is 0 Å². The van der Waals surface area contributed by atoms with Crippen LogP contribution in [-0.4, -0.2) is 12.0 Å². The molecule has 52 valence electrons. The normalized spacial score (nSPS) is 25.6. The van der Waals surface area contributed by atoms with E-state index in [2.05, 4.69) is 22.8 Å². The number of nitrogens with zero attached hydrogens (tertiary/aromatic N) is 1. The highest BCUT2D eigenvalue weighted by atomic mass is 15.5. The molecule has 0 aromatic heterocycles. The van der Waals surface area contributed by atoms with Crippen LogP contribution in [0.4, 0.5) is 0 Å². The van der Waals surface area contributed by atoms with E-state index in [1.807, 2.05) is 6.92 Å². The van der Waals surface area contributed by atoms with Crippen molar-refractivity contribution < 1.29 is 0 Å². The topological polar surface area (TPSA) is 36.4 Å². The molecule has 0 radical (unpaired) electrons. The minimum Gasteiger partial charge on any atom is -0.308 e. The monoisotopic (exact) mass is 127 g/mol. The molecule has 3 heteroatoms. The molecule has 0 aromatic carbocycles. The first-order valence-electron chi connectivity index (χ1n) is 3.41. The maximum atomic E-state index is 4.27. The summed E-state index contributed by atoms with van der Waals surface area (Å²) in [4.78, 5) is 4.27. The second-order valence-electron chi connectivity index (χ2n) is 2.27. The van der Waals surface area contributed by atoms with Gasteiger partial charge < -0.3 is 5.43 Å². The molecule has 0 spiro atoms. The van der Waals surface area contributed by atoms with Crippen LogP contribution in [0.15, 0.2) is 4.99 Å². The Balaban J connectivity index is 2.33. The zero-order valence-electron chi connectivity index (χ0n) is 5.94. The molecule has 0 aliphatic carbocycles. The standard InChI is InChI=1S/C6H13N3/c1-3-4-6-7-5(2)8-9-6/h5,8H,3-4H2,1-2H3,(H,7,9). The lowest BCUT2D eigenvalue weighted by Gasteiger charge is -1.97. The maximum Gasteiger partial charge on any atom is 0.115 e. The summed E-state index contributed by atoms with van der Waals surface area (Å²) in [7, 11) is 0. The van der Waals surface area contributed by atoms with E-state index in [1.54, 1.807) is 0 Å². The number of hydrogen-bond donors (Lipinski definition) is 2. The van der Waals surface area contributed by atoms with Gasteiger partial charge in [-0.2, -0.15) is 0 Å². The minimum atomic E-state index is 0.256. The number of aliphatic imine (C=N–C) groups is 1. The Kier molecular flexibility index (Phi) is 2.05. The molecule has 0 aromatic rings. The molecule has 0 bridgehead atoms. The molecule has 2 N–H and O–H groups in total. The average molecular weight is 127 g/mol. The Hall–Kier alpha value is -0.570. The zero-order valence-corrected chi connectivity index (χ0v) is 5.94. The predicted octanol–water partition coefficient (Wildman–Crippen LogP) is 0.639. The second kappa shape index (κ2) is 2.82. The second-order valence-corrected chi connectivity index (χ2v) is 2.27. The van der Waals surface area contributed by atoms with E-state index in [0.717, 1.165) is 18.7 Å². The Labute approximate surface area is 55.5 Å². The number of rotatable bonds is 2. The van der Waals surface area contributed by atoms with Crippen LogP contribution in [-0.2, 0) is 0 Å². The molecule has 1 heterocycles. The molecule has 1 aliphatic rings. The predicted molar refractivity (Wildman–Crippen MR) is 38.1 cm³/mol.